The van der Waals surface area contributed by atoms with Crippen LogP contribution in [0.15, 0.2) is 83.0 Å². The Hall–Kier alpha value is -3.58. The van der Waals surface area contributed by atoms with Gasteiger partial charge in [-0.2, -0.15) is 0 Å². The number of hydrogen-bond donors (Lipinski definition) is 3. The molecule has 0 unspecified atom stereocenters. The van der Waals surface area contributed by atoms with E-state index >= 15 is 0 Å². The highest BCUT2D eigenvalue weighted by molar-refractivity contribution is 7.99. The fourth-order valence-corrected chi connectivity index (χ4v) is 3.69. The van der Waals surface area contributed by atoms with Crippen molar-refractivity contribution in [3.05, 3.63) is 84.2 Å². The number of nitrogens with one attached hydrogen (secondary N) is 2. The van der Waals surface area contributed by atoms with Gasteiger partial charge in [-0.1, -0.05) is 65.9 Å². The number of nitrogen functional groups attached to an aromatic ring is 1. The van der Waals surface area contributed by atoms with Gasteiger partial charge >= 0.3 is 0 Å². The Labute approximate surface area is 172 Å². The van der Waals surface area contributed by atoms with Crippen LogP contribution < -0.4 is 16.6 Å². The summed E-state index contributed by atoms with van der Waals surface area (Å²) < 4.78 is 0. The first-order chi connectivity index (χ1) is 14.1. The zero-order chi connectivity index (χ0) is 20.2. The van der Waals surface area contributed by atoms with Gasteiger partial charge in [-0.15, -0.1) is 0 Å². The van der Waals surface area contributed by atoms with E-state index in [9.17, 15) is 4.79 Å². The van der Waals surface area contributed by atoms with E-state index in [1.807, 2.05) is 67.6 Å². The number of hydrogen-bond acceptors (Lipinski definition) is 6. The summed E-state index contributed by atoms with van der Waals surface area (Å²) in [5, 5.41) is 2.49. The molecule has 4 aromatic rings. The Morgan fingerprint density at radius 3 is 2.55 bits per heavy atom. The van der Waals surface area contributed by atoms with Crippen molar-refractivity contribution in [3.63, 3.8) is 0 Å². The van der Waals surface area contributed by atoms with Crippen molar-refractivity contribution >= 4 is 39.9 Å². The van der Waals surface area contributed by atoms with Gasteiger partial charge in [0, 0.05) is 10.5 Å². The summed E-state index contributed by atoms with van der Waals surface area (Å²) in [5.74, 6) is 0.0794. The minimum Gasteiger partial charge on any atom is -0.393 e. The van der Waals surface area contributed by atoms with Crippen LogP contribution in [0.5, 0.6) is 0 Å². The van der Waals surface area contributed by atoms with Crippen molar-refractivity contribution in [1.29, 1.82) is 0 Å². The van der Waals surface area contributed by atoms with Crippen molar-refractivity contribution in [2.24, 2.45) is 0 Å². The molecular weight excluding hydrogens is 382 g/mol. The summed E-state index contributed by atoms with van der Waals surface area (Å²) in [6.45, 7) is 2.04. The average Bonchev–Trinajstić information content (AvgIpc) is 2.75. The Bertz CT molecular complexity index is 1170. The molecule has 0 fully saturated rings. The minimum absolute atomic E-state index is 0.271. The summed E-state index contributed by atoms with van der Waals surface area (Å²) in [6.07, 6.45) is 1.42. The number of fused-ring (bicyclic) bond motifs is 1. The number of aryl methyl sites for hydroxylation is 1. The van der Waals surface area contributed by atoms with Gasteiger partial charge in [-0.05, 0) is 35.9 Å². The Morgan fingerprint density at radius 2 is 1.72 bits per heavy atom. The molecule has 29 heavy (non-hydrogen) atoms. The van der Waals surface area contributed by atoms with E-state index in [1.54, 1.807) is 6.07 Å². The van der Waals surface area contributed by atoms with E-state index in [4.69, 9.17) is 5.73 Å². The van der Waals surface area contributed by atoms with E-state index in [0.29, 0.717) is 22.1 Å². The third kappa shape index (κ3) is 4.14. The highest BCUT2D eigenvalue weighted by atomic mass is 32.2. The molecule has 1 amide bonds. The molecule has 144 valence electrons. The zero-order valence-electron chi connectivity index (χ0n) is 15.7. The molecule has 6 nitrogen and oxygen atoms in total. The normalized spacial score (nSPS) is 10.7. The van der Waals surface area contributed by atoms with Crippen LogP contribution in [0.3, 0.4) is 0 Å². The number of rotatable bonds is 5. The SMILES string of the molecule is Cc1ccc(Sc2ncnc(NNC(=O)c3cccc4ccccc34)c2N)cc1. The number of nitrogens with zero attached hydrogens (tertiary/aromatic N) is 2. The molecule has 1 aromatic heterocycles. The molecular formula is C22H19N5OS. The number of amides is 1. The van der Waals surface area contributed by atoms with Gasteiger partial charge in [-0.25, -0.2) is 9.97 Å². The summed E-state index contributed by atoms with van der Waals surface area (Å²) in [5.41, 5.74) is 13.8. The zero-order valence-corrected chi connectivity index (χ0v) is 16.5. The molecule has 0 aliphatic rings. The number of benzene rings is 3. The van der Waals surface area contributed by atoms with E-state index < -0.39 is 0 Å². The lowest BCUT2D eigenvalue weighted by Gasteiger charge is -2.12. The molecule has 0 radical (unpaired) electrons. The van der Waals surface area contributed by atoms with Crippen LogP contribution >= 0.6 is 11.8 Å². The molecule has 0 spiro atoms. The first-order valence-corrected chi connectivity index (χ1v) is 9.82. The molecule has 7 heteroatoms. The van der Waals surface area contributed by atoms with Crippen molar-refractivity contribution < 1.29 is 4.79 Å². The largest absolute Gasteiger partial charge is 0.393 e. The van der Waals surface area contributed by atoms with Crippen LogP contribution in [-0.4, -0.2) is 15.9 Å². The maximum Gasteiger partial charge on any atom is 0.270 e. The van der Waals surface area contributed by atoms with Crippen LogP contribution in [0.1, 0.15) is 15.9 Å². The monoisotopic (exact) mass is 401 g/mol. The fraction of sp³-hybridized carbons (Fsp3) is 0.0455. The van der Waals surface area contributed by atoms with Gasteiger partial charge < -0.3 is 5.73 Å². The predicted octanol–water partition coefficient (Wildman–Crippen LogP) is 4.43. The highest BCUT2D eigenvalue weighted by Crippen LogP contribution is 2.32. The van der Waals surface area contributed by atoms with Crippen molar-refractivity contribution in [1.82, 2.24) is 15.4 Å². The summed E-state index contributed by atoms with van der Waals surface area (Å²) in [7, 11) is 0. The predicted molar refractivity (Wildman–Crippen MR) is 117 cm³/mol. The lowest BCUT2D eigenvalue weighted by atomic mass is 10.0. The second-order valence-electron chi connectivity index (χ2n) is 6.46. The highest BCUT2D eigenvalue weighted by Gasteiger charge is 2.13. The van der Waals surface area contributed by atoms with Gasteiger partial charge in [0.1, 0.15) is 17.0 Å². The Kier molecular flexibility index (Phi) is 5.31. The first kappa shape index (κ1) is 18.8. The standard InChI is InChI=1S/C22H19N5OS/c1-14-9-11-16(12-10-14)29-22-19(23)20(24-13-25-22)26-27-21(28)18-8-4-6-15-5-2-3-7-17(15)18/h2-13H,23H2,1H3,(H,27,28)(H,24,25,26). The Morgan fingerprint density at radius 1 is 0.966 bits per heavy atom. The van der Waals surface area contributed by atoms with E-state index in [2.05, 4.69) is 20.8 Å². The number of anilines is 2. The van der Waals surface area contributed by atoms with E-state index in [0.717, 1.165) is 15.7 Å². The van der Waals surface area contributed by atoms with Crippen LogP contribution in [0, 0.1) is 6.92 Å². The maximum atomic E-state index is 12.7. The van der Waals surface area contributed by atoms with Gasteiger partial charge in [0.15, 0.2) is 5.82 Å². The van der Waals surface area contributed by atoms with Crippen molar-refractivity contribution in [2.75, 3.05) is 11.2 Å². The van der Waals surface area contributed by atoms with Crippen LogP contribution in [0.25, 0.3) is 10.8 Å². The topological polar surface area (TPSA) is 92.9 Å². The second-order valence-corrected chi connectivity index (χ2v) is 7.52. The van der Waals surface area contributed by atoms with Crippen LogP contribution in [0.2, 0.25) is 0 Å². The van der Waals surface area contributed by atoms with E-state index in [-0.39, 0.29) is 5.91 Å². The molecule has 0 bridgehead atoms. The van der Waals surface area contributed by atoms with Gasteiger partial charge in [0.25, 0.3) is 5.91 Å². The number of carbonyl (C=O) groups is 1. The third-order valence-corrected chi connectivity index (χ3v) is 5.44. The molecule has 1 heterocycles. The van der Waals surface area contributed by atoms with Gasteiger partial charge in [0.05, 0.1) is 0 Å². The lowest BCUT2D eigenvalue weighted by Crippen LogP contribution is -2.30. The minimum atomic E-state index is -0.271. The fourth-order valence-electron chi connectivity index (χ4n) is 2.89. The second kappa shape index (κ2) is 8.20. The molecule has 4 N–H and O–H groups in total. The molecule has 3 aromatic carbocycles. The summed E-state index contributed by atoms with van der Waals surface area (Å²) in [4.78, 5) is 22.1. The molecule has 4 rings (SSSR count). The smallest absolute Gasteiger partial charge is 0.270 e. The van der Waals surface area contributed by atoms with Crippen molar-refractivity contribution in [2.45, 2.75) is 16.8 Å². The number of carbonyl (C=O) groups excluding carboxylic acids is 1. The van der Waals surface area contributed by atoms with Crippen LogP contribution in [-0.2, 0) is 0 Å². The molecule has 0 saturated carbocycles. The number of hydrazine groups is 1. The van der Waals surface area contributed by atoms with Gasteiger partial charge in [0.2, 0.25) is 0 Å². The third-order valence-electron chi connectivity index (χ3n) is 4.41. The number of aromatic nitrogens is 2. The molecule has 0 atom stereocenters. The van der Waals surface area contributed by atoms with Gasteiger partial charge in [-0.3, -0.25) is 15.6 Å². The van der Waals surface area contributed by atoms with Crippen LogP contribution in [0.4, 0.5) is 11.5 Å². The summed E-state index contributed by atoms with van der Waals surface area (Å²) >= 11 is 1.44. The molecule has 0 aliphatic carbocycles. The maximum absolute atomic E-state index is 12.7. The average molecular weight is 401 g/mol. The Balaban J connectivity index is 1.51. The number of nitrogens with two attached hydrogens (primary N) is 1. The summed E-state index contributed by atoms with van der Waals surface area (Å²) in [6, 6.07) is 21.4. The van der Waals surface area contributed by atoms with E-state index in [1.165, 1.54) is 23.7 Å². The van der Waals surface area contributed by atoms with Crippen molar-refractivity contribution in [3.8, 4) is 0 Å². The molecule has 0 aliphatic heterocycles. The quantitative estimate of drug-likeness (QED) is 0.338. The first-order valence-electron chi connectivity index (χ1n) is 9.01. The lowest BCUT2D eigenvalue weighted by molar-refractivity contribution is 0.0964. The molecule has 0 saturated heterocycles.